The summed E-state index contributed by atoms with van der Waals surface area (Å²) in [4.78, 5) is 8.24. The molecule has 3 aromatic rings. The van der Waals surface area contributed by atoms with Crippen molar-refractivity contribution in [2.45, 2.75) is 39.0 Å². The molecule has 9 heteroatoms. The van der Waals surface area contributed by atoms with Crippen LogP contribution in [0.25, 0.3) is 4.96 Å². The first-order chi connectivity index (χ1) is 13.9. The van der Waals surface area contributed by atoms with E-state index in [1.807, 2.05) is 25.1 Å². The van der Waals surface area contributed by atoms with E-state index in [1.54, 1.807) is 14.2 Å². The molecule has 8 nitrogen and oxygen atoms in total. The Morgan fingerprint density at radius 2 is 1.86 bits per heavy atom. The average Bonchev–Trinajstić information content (AvgIpc) is 3.18. The van der Waals surface area contributed by atoms with Crippen molar-refractivity contribution < 1.29 is 19.3 Å². The van der Waals surface area contributed by atoms with Crippen molar-refractivity contribution in [2.24, 2.45) is 0 Å². The van der Waals surface area contributed by atoms with E-state index in [9.17, 15) is 5.11 Å². The number of nitrogens with zero attached hydrogens (tertiary/aromatic N) is 4. The van der Waals surface area contributed by atoms with Crippen molar-refractivity contribution in [3.63, 3.8) is 0 Å². The quantitative estimate of drug-likeness (QED) is 0.682. The van der Waals surface area contributed by atoms with Gasteiger partial charge in [0.15, 0.2) is 11.5 Å². The van der Waals surface area contributed by atoms with Gasteiger partial charge in [-0.05, 0) is 38.5 Å². The fourth-order valence-corrected chi connectivity index (χ4v) is 5.17. The highest BCUT2D eigenvalue weighted by Gasteiger charge is 2.34. The van der Waals surface area contributed by atoms with Crippen LogP contribution in [0.2, 0.25) is 0 Å². The molecule has 0 spiro atoms. The van der Waals surface area contributed by atoms with E-state index in [2.05, 4.69) is 28.8 Å². The van der Waals surface area contributed by atoms with Crippen LogP contribution in [0.3, 0.4) is 0 Å². The van der Waals surface area contributed by atoms with Crippen LogP contribution in [0.1, 0.15) is 36.2 Å². The molecule has 29 heavy (non-hydrogen) atoms. The monoisotopic (exact) mass is 418 g/mol. The predicted molar refractivity (Wildman–Crippen MR) is 110 cm³/mol. The minimum absolute atomic E-state index is 0.0907. The minimum atomic E-state index is -0.183. The highest BCUT2D eigenvalue weighted by molar-refractivity contribution is 7.17. The Kier molecular flexibility index (Phi) is 5.37. The zero-order valence-corrected chi connectivity index (χ0v) is 18.1. The van der Waals surface area contributed by atoms with Gasteiger partial charge in [-0.15, -0.1) is 5.10 Å². The number of thiazole rings is 1. The van der Waals surface area contributed by atoms with Gasteiger partial charge in [-0.1, -0.05) is 17.4 Å². The van der Waals surface area contributed by atoms with E-state index in [4.69, 9.17) is 14.2 Å². The number of methoxy groups -OCH3 is 2. The summed E-state index contributed by atoms with van der Waals surface area (Å²) in [5.41, 5.74) is 1.00. The van der Waals surface area contributed by atoms with E-state index in [1.165, 1.54) is 15.9 Å². The highest BCUT2D eigenvalue weighted by atomic mass is 32.1. The van der Waals surface area contributed by atoms with Crippen molar-refractivity contribution in [3.8, 4) is 17.4 Å². The van der Waals surface area contributed by atoms with Gasteiger partial charge in [-0.25, -0.2) is 4.98 Å². The second kappa shape index (κ2) is 7.81. The molecule has 1 aliphatic heterocycles. The number of aromatic hydroxyl groups is 1. The maximum absolute atomic E-state index is 11.0. The van der Waals surface area contributed by atoms with Gasteiger partial charge >= 0.3 is 0 Å². The summed E-state index contributed by atoms with van der Waals surface area (Å²) in [5, 5.41) is 15.3. The lowest BCUT2D eigenvalue weighted by Crippen LogP contribution is -2.47. The maximum Gasteiger partial charge on any atom is 0.230 e. The number of benzene rings is 1. The molecule has 1 aromatic carbocycles. The number of aryl methyl sites for hydroxylation is 1. The SMILES string of the molecule is COc1ccc([C@H](c2sc3nc(C)nn3c2O)N2C[C@H](C)O[C@@H](C)C2)cc1OC. The number of ether oxygens (including phenoxy) is 3. The molecular formula is C20H26N4O4S. The van der Waals surface area contributed by atoms with Crippen LogP contribution in [0.15, 0.2) is 18.2 Å². The summed E-state index contributed by atoms with van der Waals surface area (Å²) < 4.78 is 18.4. The molecule has 0 unspecified atom stereocenters. The second-order valence-electron chi connectivity index (χ2n) is 7.37. The Morgan fingerprint density at radius 3 is 2.48 bits per heavy atom. The smallest absolute Gasteiger partial charge is 0.230 e. The molecule has 3 atom stereocenters. The third kappa shape index (κ3) is 3.65. The number of aromatic nitrogens is 3. The van der Waals surface area contributed by atoms with Gasteiger partial charge in [-0.2, -0.15) is 4.52 Å². The first-order valence-electron chi connectivity index (χ1n) is 9.57. The van der Waals surface area contributed by atoms with E-state index in [0.717, 1.165) is 23.5 Å². The molecule has 0 amide bonds. The van der Waals surface area contributed by atoms with Gasteiger partial charge in [0.05, 0.1) is 37.3 Å². The number of hydrogen-bond acceptors (Lipinski definition) is 8. The number of rotatable bonds is 5. The Bertz CT molecular complexity index is 1010. The second-order valence-corrected chi connectivity index (χ2v) is 8.38. The van der Waals surface area contributed by atoms with E-state index in [0.29, 0.717) is 22.3 Å². The third-order valence-electron chi connectivity index (χ3n) is 5.09. The van der Waals surface area contributed by atoms with Gasteiger partial charge in [0.1, 0.15) is 5.82 Å². The summed E-state index contributed by atoms with van der Waals surface area (Å²) in [7, 11) is 3.24. The van der Waals surface area contributed by atoms with E-state index < -0.39 is 0 Å². The number of hydrogen-bond donors (Lipinski definition) is 1. The lowest BCUT2D eigenvalue weighted by molar-refractivity contribution is -0.0764. The van der Waals surface area contributed by atoms with Crippen LogP contribution >= 0.6 is 11.3 Å². The Labute approximate surface area is 173 Å². The van der Waals surface area contributed by atoms with Gasteiger partial charge in [0.25, 0.3) is 0 Å². The molecule has 4 rings (SSSR count). The Morgan fingerprint density at radius 1 is 1.17 bits per heavy atom. The van der Waals surface area contributed by atoms with Gasteiger partial charge in [0, 0.05) is 13.1 Å². The summed E-state index contributed by atoms with van der Waals surface area (Å²) >= 11 is 1.45. The lowest BCUT2D eigenvalue weighted by atomic mass is 10.0. The molecular weight excluding hydrogens is 392 g/mol. The molecule has 156 valence electrons. The minimum Gasteiger partial charge on any atom is -0.493 e. The average molecular weight is 419 g/mol. The molecule has 3 heterocycles. The topological polar surface area (TPSA) is 81.4 Å². The van der Waals surface area contributed by atoms with Gasteiger partial charge < -0.3 is 19.3 Å². The molecule has 0 aliphatic carbocycles. The van der Waals surface area contributed by atoms with Crippen LogP contribution in [0, 0.1) is 6.92 Å². The molecule has 0 saturated carbocycles. The Hall–Kier alpha value is -2.36. The first-order valence-corrected chi connectivity index (χ1v) is 10.4. The van der Waals surface area contributed by atoms with Crippen molar-refractivity contribution in [1.29, 1.82) is 0 Å². The van der Waals surface area contributed by atoms with E-state index in [-0.39, 0.29) is 24.1 Å². The van der Waals surface area contributed by atoms with Crippen LogP contribution in [-0.4, -0.2) is 64.1 Å². The molecule has 1 N–H and O–H groups in total. The molecule has 1 aliphatic rings. The van der Waals surface area contributed by atoms with Crippen LogP contribution in [-0.2, 0) is 4.74 Å². The fraction of sp³-hybridized carbons (Fsp3) is 0.500. The zero-order chi connectivity index (χ0) is 20.7. The summed E-state index contributed by atoms with van der Waals surface area (Å²) in [5.74, 6) is 2.08. The molecule has 2 aromatic heterocycles. The molecule has 0 bridgehead atoms. The van der Waals surface area contributed by atoms with Crippen molar-refractivity contribution in [1.82, 2.24) is 19.5 Å². The van der Waals surface area contributed by atoms with Crippen molar-refractivity contribution in [2.75, 3.05) is 27.3 Å². The van der Waals surface area contributed by atoms with E-state index >= 15 is 0 Å². The predicted octanol–water partition coefficient (Wildman–Crippen LogP) is 3.02. The largest absolute Gasteiger partial charge is 0.493 e. The number of morpholine rings is 1. The molecule has 1 saturated heterocycles. The summed E-state index contributed by atoms with van der Waals surface area (Å²) in [6, 6.07) is 5.69. The fourth-order valence-electron chi connectivity index (χ4n) is 4.01. The normalized spacial score (nSPS) is 21.4. The van der Waals surface area contributed by atoms with Crippen LogP contribution in [0.4, 0.5) is 0 Å². The third-order valence-corrected chi connectivity index (χ3v) is 6.16. The molecule has 0 radical (unpaired) electrons. The number of fused-ring (bicyclic) bond motifs is 1. The Balaban J connectivity index is 1.85. The van der Waals surface area contributed by atoms with Crippen molar-refractivity contribution in [3.05, 3.63) is 34.5 Å². The highest BCUT2D eigenvalue weighted by Crippen LogP contribution is 2.42. The maximum atomic E-state index is 11.0. The molecule has 1 fully saturated rings. The standard InChI is InChI=1S/C20H26N4O4S/c1-11-9-23(10-12(2)28-11)17(14-6-7-15(26-4)16(8-14)27-5)18-19(25)24-20(29-18)21-13(3)22-24/h6-8,11-12,17,25H,9-10H2,1-5H3/t11-,12-,17+/m0/s1. The lowest BCUT2D eigenvalue weighted by Gasteiger charge is -2.40. The first kappa shape index (κ1) is 19.9. The summed E-state index contributed by atoms with van der Waals surface area (Å²) in [6.07, 6.45) is 0.181. The summed E-state index contributed by atoms with van der Waals surface area (Å²) in [6.45, 7) is 7.45. The van der Waals surface area contributed by atoms with Crippen molar-refractivity contribution >= 4 is 16.3 Å². The van der Waals surface area contributed by atoms with Crippen LogP contribution < -0.4 is 9.47 Å². The van der Waals surface area contributed by atoms with Gasteiger partial charge in [-0.3, -0.25) is 4.90 Å². The van der Waals surface area contributed by atoms with Crippen LogP contribution in [0.5, 0.6) is 17.4 Å². The van der Waals surface area contributed by atoms with Gasteiger partial charge in [0.2, 0.25) is 10.8 Å². The zero-order valence-electron chi connectivity index (χ0n) is 17.2.